The van der Waals surface area contributed by atoms with Crippen molar-refractivity contribution in [2.45, 2.75) is 46.3 Å². The Balaban J connectivity index is 2.16. The smallest absolute Gasteiger partial charge is 0.412 e. The predicted octanol–water partition coefficient (Wildman–Crippen LogP) is 3.11. The molecule has 0 saturated carbocycles. The summed E-state index contributed by atoms with van der Waals surface area (Å²) < 4.78 is 5.35. The van der Waals surface area contributed by atoms with Gasteiger partial charge in [0.2, 0.25) is 0 Å². The van der Waals surface area contributed by atoms with Gasteiger partial charge in [-0.15, -0.1) is 0 Å². The van der Waals surface area contributed by atoms with Crippen molar-refractivity contribution in [1.82, 2.24) is 10.3 Å². The zero-order valence-electron chi connectivity index (χ0n) is 15.6. The Bertz CT molecular complexity index is 558. The third-order valence-electron chi connectivity index (χ3n) is 4.35. The lowest BCUT2D eigenvalue weighted by Crippen LogP contribution is -2.52. The van der Waals surface area contributed by atoms with Gasteiger partial charge < -0.3 is 15.0 Å². The van der Waals surface area contributed by atoms with Crippen molar-refractivity contribution in [2.75, 3.05) is 30.4 Å². The molecule has 2 heterocycles. The summed E-state index contributed by atoms with van der Waals surface area (Å²) >= 11 is 0. The number of aromatic nitrogens is 1. The molecule has 1 fully saturated rings. The summed E-state index contributed by atoms with van der Waals surface area (Å²) in [5, 5.41) is 6.26. The lowest BCUT2D eigenvalue weighted by atomic mass is 9.85. The number of carbonyl (C=O) groups is 1. The van der Waals surface area contributed by atoms with Crippen molar-refractivity contribution < 1.29 is 9.53 Å². The molecule has 0 radical (unpaired) electrons. The van der Waals surface area contributed by atoms with Crippen molar-refractivity contribution in [3.05, 3.63) is 18.5 Å². The molecule has 3 atom stereocenters. The number of hydrogen-bond donors (Lipinski definition) is 2. The number of anilines is 2. The van der Waals surface area contributed by atoms with Crippen LogP contribution < -0.4 is 15.5 Å². The molecule has 24 heavy (non-hydrogen) atoms. The van der Waals surface area contributed by atoms with Gasteiger partial charge in [-0.1, -0.05) is 13.8 Å². The Hall–Kier alpha value is -1.82. The first-order chi connectivity index (χ1) is 11.2. The van der Waals surface area contributed by atoms with Gasteiger partial charge in [-0.3, -0.25) is 10.3 Å². The van der Waals surface area contributed by atoms with Crippen molar-refractivity contribution in [3.63, 3.8) is 0 Å². The fraction of sp³-hybridized carbons (Fsp3) is 0.667. The molecule has 1 aliphatic heterocycles. The van der Waals surface area contributed by atoms with E-state index in [0.717, 1.165) is 18.8 Å². The lowest BCUT2D eigenvalue weighted by molar-refractivity contribution is 0.0636. The summed E-state index contributed by atoms with van der Waals surface area (Å²) in [4.78, 5) is 18.6. The standard InChI is InChI=1S/C18H30N4O2/c1-12-10-22(11-13(2)16(12)19-6)15-7-8-20-9-14(15)21-17(23)24-18(3,4)5/h7-9,12-13,16,19H,10-11H2,1-6H3,(H,21,23)/t12-,13+,16-. The van der Waals surface area contributed by atoms with Gasteiger partial charge in [0.15, 0.2) is 0 Å². The first-order valence-electron chi connectivity index (χ1n) is 8.57. The quantitative estimate of drug-likeness (QED) is 0.889. The van der Waals surface area contributed by atoms with E-state index in [1.165, 1.54) is 0 Å². The fourth-order valence-electron chi connectivity index (χ4n) is 3.50. The monoisotopic (exact) mass is 334 g/mol. The largest absolute Gasteiger partial charge is 0.444 e. The van der Waals surface area contributed by atoms with Gasteiger partial charge in [-0.05, 0) is 45.7 Å². The summed E-state index contributed by atoms with van der Waals surface area (Å²) in [6, 6.07) is 2.46. The van der Waals surface area contributed by atoms with Crippen LogP contribution in [0.1, 0.15) is 34.6 Å². The van der Waals surface area contributed by atoms with E-state index in [4.69, 9.17) is 4.74 Å². The molecule has 0 spiro atoms. The van der Waals surface area contributed by atoms with Crippen LogP contribution in [0.25, 0.3) is 0 Å². The highest BCUT2D eigenvalue weighted by Gasteiger charge is 2.32. The highest BCUT2D eigenvalue weighted by molar-refractivity contribution is 5.89. The minimum atomic E-state index is -0.527. The molecule has 1 amide bonds. The number of nitrogens with one attached hydrogen (secondary N) is 2. The topological polar surface area (TPSA) is 66.5 Å². The predicted molar refractivity (Wildman–Crippen MR) is 97.5 cm³/mol. The Kier molecular flexibility index (Phi) is 5.70. The third-order valence-corrected chi connectivity index (χ3v) is 4.35. The average Bonchev–Trinajstić information content (AvgIpc) is 2.45. The number of nitrogens with zero attached hydrogens (tertiary/aromatic N) is 2. The van der Waals surface area contributed by atoms with Crippen LogP contribution in [0.5, 0.6) is 0 Å². The highest BCUT2D eigenvalue weighted by Crippen LogP contribution is 2.31. The summed E-state index contributed by atoms with van der Waals surface area (Å²) in [7, 11) is 2.02. The fourth-order valence-corrected chi connectivity index (χ4v) is 3.50. The van der Waals surface area contributed by atoms with Crippen LogP contribution in [0, 0.1) is 11.8 Å². The molecule has 1 saturated heterocycles. The number of hydrogen-bond acceptors (Lipinski definition) is 5. The van der Waals surface area contributed by atoms with Gasteiger partial charge in [0.1, 0.15) is 5.60 Å². The molecule has 1 aromatic rings. The molecule has 0 aromatic carbocycles. The van der Waals surface area contributed by atoms with Crippen molar-refractivity contribution in [2.24, 2.45) is 11.8 Å². The number of ether oxygens (including phenoxy) is 1. The van der Waals surface area contributed by atoms with E-state index in [-0.39, 0.29) is 0 Å². The Labute approximate surface area is 145 Å². The second-order valence-corrected chi connectivity index (χ2v) is 7.69. The third kappa shape index (κ3) is 4.60. The summed E-state index contributed by atoms with van der Waals surface area (Å²) in [6.07, 6.45) is 2.98. The van der Waals surface area contributed by atoms with Gasteiger partial charge in [-0.25, -0.2) is 4.79 Å². The number of amides is 1. The second kappa shape index (κ2) is 7.38. The van der Waals surface area contributed by atoms with Crippen molar-refractivity contribution in [1.29, 1.82) is 0 Å². The minimum absolute atomic E-state index is 0.456. The first kappa shape index (κ1) is 18.5. The number of piperidine rings is 1. The maximum absolute atomic E-state index is 12.1. The summed E-state index contributed by atoms with van der Waals surface area (Å²) in [6.45, 7) is 11.9. The van der Waals surface area contributed by atoms with Gasteiger partial charge in [0.25, 0.3) is 0 Å². The van der Waals surface area contributed by atoms with Crippen molar-refractivity contribution in [3.8, 4) is 0 Å². The molecular weight excluding hydrogens is 304 g/mol. The van der Waals surface area contributed by atoms with Gasteiger partial charge >= 0.3 is 6.09 Å². The van der Waals surface area contributed by atoms with E-state index >= 15 is 0 Å². The Morgan fingerprint density at radius 3 is 2.46 bits per heavy atom. The lowest BCUT2D eigenvalue weighted by Gasteiger charge is -2.43. The van der Waals surface area contributed by atoms with E-state index < -0.39 is 11.7 Å². The molecule has 2 N–H and O–H groups in total. The van der Waals surface area contributed by atoms with E-state index in [1.54, 1.807) is 12.4 Å². The normalized spacial score (nSPS) is 24.6. The average molecular weight is 334 g/mol. The van der Waals surface area contributed by atoms with Crippen LogP contribution in [-0.2, 0) is 4.74 Å². The van der Waals surface area contributed by atoms with Gasteiger partial charge in [0, 0.05) is 25.3 Å². The molecule has 1 aromatic heterocycles. The molecule has 6 heteroatoms. The van der Waals surface area contributed by atoms with Crippen LogP contribution in [-0.4, -0.2) is 42.9 Å². The molecular formula is C18H30N4O2. The summed E-state index contributed by atoms with van der Waals surface area (Å²) in [5.41, 5.74) is 1.15. The highest BCUT2D eigenvalue weighted by atomic mass is 16.6. The van der Waals surface area contributed by atoms with E-state index in [0.29, 0.717) is 23.6 Å². The van der Waals surface area contributed by atoms with Crippen LogP contribution in [0.15, 0.2) is 18.5 Å². The zero-order chi connectivity index (χ0) is 17.9. The molecule has 134 valence electrons. The Morgan fingerprint density at radius 2 is 1.92 bits per heavy atom. The minimum Gasteiger partial charge on any atom is -0.444 e. The molecule has 0 unspecified atom stereocenters. The van der Waals surface area contributed by atoms with Crippen LogP contribution in [0.3, 0.4) is 0 Å². The van der Waals surface area contributed by atoms with Crippen LogP contribution >= 0.6 is 0 Å². The zero-order valence-corrected chi connectivity index (χ0v) is 15.6. The van der Waals surface area contributed by atoms with E-state index in [2.05, 4.69) is 34.4 Å². The van der Waals surface area contributed by atoms with Gasteiger partial charge in [-0.2, -0.15) is 0 Å². The van der Waals surface area contributed by atoms with E-state index in [9.17, 15) is 4.79 Å². The van der Waals surface area contributed by atoms with E-state index in [1.807, 2.05) is 33.9 Å². The second-order valence-electron chi connectivity index (χ2n) is 7.69. The molecule has 1 aliphatic rings. The van der Waals surface area contributed by atoms with Crippen molar-refractivity contribution >= 4 is 17.5 Å². The maximum atomic E-state index is 12.1. The Morgan fingerprint density at radius 1 is 1.29 bits per heavy atom. The SMILES string of the molecule is CN[C@@H]1[C@H](C)CN(c2ccncc2NC(=O)OC(C)(C)C)C[C@@H]1C. The summed E-state index contributed by atoms with van der Waals surface area (Å²) in [5.74, 6) is 1.03. The molecule has 2 rings (SSSR count). The van der Waals surface area contributed by atoms with Crippen LogP contribution in [0.4, 0.5) is 16.2 Å². The first-order valence-corrected chi connectivity index (χ1v) is 8.57. The maximum Gasteiger partial charge on any atom is 0.412 e. The molecule has 6 nitrogen and oxygen atoms in total. The number of carbonyl (C=O) groups excluding carboxylic acids is 1. The van der Waals surface area contributed by atoms with Crippen LogP contribution in [0.2, 0.25) is 0 Å². The molecule has 0 bridgehead atoms. The number of rotatable bonds is 3. The van der Waals surface area contributed by atoms with Gasteiger partial charge in [0.05, 0.1) is 17.6 Å². The molecule has 0 aliphatic carbocycles. The number of pyridine rings is 1.